The number of carbonyl (C=O) groups excluding carboxylic acids is 2. The first kappa shape index (κ1) is 27.4. The van der Waals surface area contributed by atoms with Crippen LogP contribution in [0.5, 0.6) is 0 Å². The largest absolute Gasteiger partial charge is 0.455 e. The van der Waals surface area contributed by atoms with Gasteiger partial charge in [-0.2, -0.15) is 0 Å². The summed E-state index contributed by atoms with van der Waals surface area (Å²) >= 11 is 0. The van der Waals surface area contributed by atoms with Gasteiger partial charge < -0.3 is 19.7 Å². The minimum atomic E-state index is -1.36. The highest BCUT2D eigenvalue weighted by Crippen LogP contribution is 2.45. The summed E-state index contributed by atoms with van der Waals surface area (Å²) in [5.41, 5.74) is -1.38. The second-order valence-electron chi connectivity index (χ2n) is 10.9. The van der Waals surface area contributed by atoms with Crippen LogP contribution in [0.15, 0.2) is 30.2 Å². The third-order valence-corrected chi connectivity index (χ3v) is 7.69. The molecule has 7 atom stereocenters. The van der Waals surface area contributed by atoms with E-state index in [1.807, 2.05) is 13.8 Å². The molecule has 0 bridgehead atoms. The summed E-state index contributed by atoms with van der Waals surface area (Å²) in [6, 6.07) is 5.09. The molecule has 3 rings (SSSR count). The zero-order chi connectivity index (χ0) is 26.0. The predicted molar refractivity (Wildman–Crippen MR) is 129 cm³/mol. The number of aliphatic hydroxyl groups is 2. The zero-order valence-corrected chi connectivity index (χ0v) is 21.2. The highest BCUT2D eigenvalue weighted by Gasteiger charge is 2.53. The molecule has 2 fully saturated rings. The summed E-state index contributed by atoms with van der Waals surface area (Å²) < 4.78 is 26.6. The van der Waals surface area contributed by atoms with Crippen LogP contribution in [0, 0.1) is 17.3 Å². The second-order valence-corrected chi connectivity index (χ2v) is 10.9. The molecule has 8 heteroatoms. The number of aromatic nitrogens is 1. The summed E-state index contributed by atoms with van der Waals surface area (Å²) in [5.74, 6) is -2.66. The van der Waals surface area contributed by atoms with Gasteiger partial charge in [0.1, 0.15) is 11.6 Å². The number of hydrogen-bond donors (Lipinski definition) is 2. The van der Waals surface area contributed by atoms with E-state index in [0.717, 1.165) is 6.42 Å². The minimum absolute atomic E-state index is 0.130. The first-order valence-corrected chi connectivity index (χ1v) is 12.4. The Balaban J connectivity index is 1.86. The van der Waals surface area contributed by atoms with Crippen molar-refractivity contribution >= 4 is 17.8 Å². The van der Waals surface area contributed by atoms with E-state index < -0.39 is 53.5 Å². The number of fused-ring (bicyclic) bond motifs is 1. The summed E-state index contributed by atoms with van der Waals surface area (Å²) in [6.07, 6.45) is 0.859. The van der Waals surface area contributed by atoms with Gasteiger partial charge in [0.15, 0.2) is 6.10 Å². The van der Waals surface area contributed by atoms with E-state index in [2.05, 4.69) is 4.98 Å². The van der Waals surface area contributed by atoms with Crippen molar-refractivity contribution in [2.45, 2.75) is 96.7 Å². The van der Waals surface area contributed by atoms with Gasteiger partial charge in [-0.1, -0.05) is 40.2 Å². The molecule has 35 heavy (non-hydrogen) atoms. The number of epoxide rings is 1. The van der Waals surface area contributed by atoms with Crippen LogP contribution in [0.25, 0.3) is 6.08 Å². The smallest absolute Gasteiger partial charge is 0.309 e. The fourth-order valence-electron chi connectivity index (χ4n) is 4.88. The van der Waals surface area contributed by atoms with Gasteiger partial charge in [0.05, 0.1) is 41.4 Å². The van der Waals surface area contributed by atoms with Gasteiger partial charge in [-0.05, 0) is 43.9 Å². The van der Waals surface area contributed by atoms with Crippen molar-refractivity contribution in [2.24, 2.45) is 17.3 Å². The molecule has 2 aliphatic rings. The third kappa shape index (κ3) is 6.54. The average molecular weight is 492 g/mol. The Bertz CT molecular complexity index is 935. The van der Waals surface area contributed by atoms with E-state index in [4.69, 9.17) is 9.47 Å². The molecular weight excluding hydrogens is 453 g/mol. The Labute approximate surface area is 206 Å². The van der Waals surface area contributed by atoms with Gasteiger partial charge in [0, 0.05) is 18.5 Å². The first-order valence-electron chi connectivity index (χ1n) is 12.4. The van der Waals surface area contributed by atoms with Crippen molar-refractivity contribution in [3.05, 3.63) is 35.9 Å². The predicted octanol–water partition coefficient (Wildman–Crippen LogP) is 4.01. The topological polar surface area (TPSA) is 109 Å². The number of cyclic esters (lactones) is 1. The van der Waals surface area contributed by atoms with Gasteiger partial charge in [0.2, 0.25) is 0 Å². The molecule has 0 amide bonds. The molecule has 3 heterocycles. The normalized spacial score (nSPS) is 37.3. The Morgan fingerprint density at radius 1 is 1.20 bits per heavy atom. The van der Waals surface area contributed by atoms with Crippen molar-refractivity contribution in [1.29, 1.82) is 0 Å². The van der Waals surface area contributed by atoms with Crippen molar-refractivity contribution in [3.63, 3.8) is 0 Å². The lowest BCUT2D eigenvalue weighted by Gasteiger charge is -2.34. The number of nitrogens with zero attached hydrogens (tertiary/aromatic N) is 1. The minimum Gasteiger partial charge on any atom is -0.455 e. The van der Waals surface area contributed by atoms with Crippen LogP contribution in [0.2, 0.25) is 0 Å². The van der Waals surface area contributed by atoms with E-state index in [1.165, 1.54) is 6.08 Å². The number of pyridine rings is 1. The van der Waals surface area contributed by atoms with E-state index in [1.54, 1.807) is 45.2 Å². The maximum absolute atomic E-state index is 15.3. The van der Waals surface area contributed by atoms with Gasteiger partial charge in [-0.25, -0.2) is 4.39 Å². The maximum Gasteiger partial charge on any atom is 0.309 e. The number of Topliss-reactive ketones (excluding diaryl/α,β-unsaturated/α-hetero) is 1. The van der Waals surface area contributed by atoms with Crippen LogP contribution in [-0.4, -0.2) is 57.0 Å². The van der Waals surface area contributed by atoms with Crippen LogP contribution >= 0.6 is 0 Å². The van der Waals surface area contributed by atoms with Gasteiger partial charge >= 0.3 is 5.97 Å². The van der Waals surface area contributed by atoms with Crippen LogP contribution in [0.3, 0.4) is 0 Å². The molecule has 1 aromatic heterocycles. The fraction of sp³-hybridized carbons (Fsp3) is 0.667. The van der Waals surface area contributed by atoms with E-state index >= 15 is 4.39 Å². The molecule has 1 aromatic rings. The Morgan fingerprint density at radius 3 is 2.57 bits per heavy atom. The molecule has 7 nitrogen and oxygen atoms in total. The number of ketones is 1. The van der Waals surface area contributed by atoms with Crippen LogP contribution < -0.4 is 0 Å². The van der Waals surface area contributed by atoms with E-state index in [0.29, 0.717) is 18.5 Å². The summed E-state index contributed by atoms with van der Waals surface area (Å²) in [4.78, 5) is 30.0. The monoisotopic (exact) mass is 491 g/mol. The number of aliphatic hydroxyl groups excluding tert-OH is 2. The number of carbonyl (C=O) groups is 2. The lowest BCUT2D eigenvalue weighted by atomic mass is 9.73. The molecule has 0 aromatic carbocycles. The lowest BCUT2D eigenvalue weighted by molar-refractivity contribution is -0.155. The molecule has 0 saturated carbocycles. The van der Waals surface area contributed by atoms with Gasteiger partial charge in [-0.3, -0.25) is 14.6 Å². The number of esters is 1. The highest BCUT2D eigenvalue weighted by atomic mass is 19.1. The molecule has 2 saturated heterocycles. The molecule has 0 unspecified atom stereocenters. The fourth-order valence-corrected chi connectivity index (χ4v) is 4.88. The second kappa shape index (κ2) is 10.8. The van der Waals surface area contributed by atoms with E-state index in [9.17, 15) is 19.8 Å². The highest BCUT2D eigenvalue weighted by molar-refractivity contribution is 5.88. The Hall–Kier alpha value is -2.16. The number of hydrogen-bond acceptors (Lipinski definition) is 7. The molecular formula is C27H38FNO6. The number of halogens is 1. The van der Waals surface area contributed by atoms with Crippen molar-refractivity contribution < 1.29 is 33.7 Å². The molecule has 2 N–H and O–H groups in total. The summed E-state index contributed by atoms with van der Waals surface area (Å²) in [7, 11) is 0. The van der Waals surface area contributed by atoms with Gasteiger partial charge in [-0.15, -0.1) is 0 Å². The van der Waals surface area contributed by atoms with Crippen LogP contribution in [-0.2, 0) is 19.1 Å². The average Bonchev–Trinajstić information content (AvgIpc) is 3.45. The third-order valence-electron chi connectivity index (χ3n) is 7.69. The molecule has 0 aliphatic carbocycles. The molecule has 2 aliphatic heterocycles. The number of ether oxygens (including phenoxy) is 2. The lowest BCUT2D eigenvalue weighted by Crippen LogP contribution is -2.45. The molecule has 0 radical (unpaired) electrons. The molecule has 194 valence electrons. The van der Waals surface area contributed by atoms with Crippen LogP contribution in [0.4, 0.5) is 4.39 Å². The number of rotatable bonds is 2. The van der Waals surface area contributed by atoms with Crippen LogP contribution in [0.1, 0.15) is 72.4 Å². The Kier molecular flexibility index (Phi) is 8.50. The Morgan fingerprint density at radius 2 is 1.91 bits per heavy atom. The van der Waals surface area contributed by atoms with Crippen molar-refractivity contribution in [3.8, 4) is 0 Å². The molecule has 0 spiro atoms. The summed E-state index contributed by atoms with van der Waals surface area (Å²) in [5, 5.41) is 21.5. The first-order chi connectivity index (χ1) is 16.3. The van der Waals surface area contributed by atoms with Crippen molar-refractivity contribution in [1.82, 2.24) is 4.98 Å². The summed E-state index contributed by atoms with van der Waals surface area (Å²) in [6.45, 7) is 8.59. The SMILES string of the molecule is C[C@H]1CCC[C@@]2(C)O[C@H]2C[C@@H](/C(F)=C/c2ccccn2)OC(=O)C[C@H](O)C(C)(C)C(=O)[C@H](C)[C@H]1O. The zero-order valence-electron chi connectivity index (χ0n) is 21.2. The quantitative estimate of drug-likeness (QED) is 0.475. The van der Waals surface area contributed by atoms with Gasteiger partial charge in [0.25, 0.3) is 0 Å². The van der Waals surface area contributed by atoms with E-state index in [-0.39, 0.29) is 24.2 Å². The maximum atomic E-state index is 15.3. The standard InChI is InChI=1S/C27H38FNO6/c1-16-9-8-11-27(5)22(35-27)14-20(19(28)13-18-10-6-7-12-29-18)34-23(31)15-21(30)26(3,4)25(33)17(2)24(16)32/h6-7,10,12-13,16-17,20-22,24,30,32H,8-9,11,14-15H2,1-5H3/b19-13-/t16-,17+,20-,21-,22-,24-,27+/m0/s1. The van der Waals surface area contributed by atoms with Crippen molar-refractivity contribution in [2.75, 3.05) is 0 Å².